The van der Waals surface area contributed by atoms with E-state index in [0.717, 1.165) is 24.4 Å². The molecule has 1 amide bonds. The van der Waals surface area contributed by atoms with Gasteiger partial charge in [0.05, 0.1) is 5.56 Å². The number of nitrogens with two attached hydrogens (primary N) is 1. The van der Waals surface area contributed by atoms with E-state index < -0.39 is 34.8 Å². The first-order valence-electron chi connectivity index (χ1n) is 8.46. The van der Waals surface area contributed by atoms with E-state index in [1.54, 1.807) is 12.3 Å². The van der Waals surface area contributed by atoms with Gasteiger partial charge in [-0.3, -0.25) is 4.79 Å². The fourth-order valence-corrected chi connectivity index (χ4v) is 3.73. The topological polar surface area (TPSA) is 99.4 Å². The lowest BCUT2D eigenvalue weighted by molar-refractivity contribution is -0.139. The highest BCUT2D eigenvalue weighted by Crippen LogP contribution is 2.49. The van der Waals surface area contributed by atoms with Gasteiger partial charge in [0.15, 0.2) is 0 Å². The van der Waals surface area contributed by atoms with Crippen molar-refractivity contribution in [3.8, 4) is 11.6 Å². The maximum atomic E-state index is 13.9. The standard InChI is InChI=1S/C17H15F3N4O3S/c1-7-6-28-24-14(7)23-15(25)10-11(17(18,19)20)12-16(22-13(10)21)27-9-5-3-2-4-8(9)26-12/h6H,2-5H2,1H3,(H2,21,22)(H,23,24,25). The Morgan fingerprint density at radius 2 is 1.93 bits per heavy atom. The number of hydrogen-bond acceptors (Lipinski definition) is 7. The zero-order chi connectivity index (χ0) is 20.1. The molecule has 1 aliphatic heterocycles. The number of halogens is 3. The summed E-state index contributed by atoms with van der Waals surface area (Å²) in [6.07, 6.45) is -2.30. The predicted octanol–water partition coefficient (Wildman–Crippen LogP) is 4.26. The largest absolute Gasteiger partial charge is 0.452 e. The Labute approximate surface area is 161 Å². The Bertz CT molecular complexity index is 1000. The van der Waals surface area contributed by atoms with Gasteiger partial charge in [-0.15, -0.1) is 0 Å². The van der Waals surface area contributed by atoms with Crippen LogP contribution < -0.4 is 20.5 Å². The number of aryl methyl sites for hydroxylation is 1. The van der Waals surface area contributed by atoms with E-state index in [1.807, 2.05) is 0 Å². The molecular formula is C17H15F3N4O3S. The molecule has 0 atom stereocenters. The second-order valence-electron chi connectivity index (χ2n) is 6.44. The molecule has 7 nitrogen and oxygen atoms in total. The molecule has 0 saturated carbocycles. The van der Waals surface area contributed by atoms with E-state index in [1.165, 1.54) is 0 Å². The SMILES string of the molecule is Cc1csnc1NC(=O)c1c(N)nc2c(c1C(F)(F)F)OC1=C(CCCC1)O2. The predicted molar refractivity (Wildman–Crippen MR) is 95.2 cm³/mol. The maximum absolute atomic E-state index is 13.9. The van der Waals surface area contributed by atoms with Gasteiger partial charge in [0.25, 0.3) is 11.8 Å². The summed E-state index contributed by atoms with van der Waals surface area (Å²) in [4.78, 5) is 16.5. The molecule has 3 N–H and O–H groups in total. The van der Waals surface area contributed by atoms with Crippen molar-refractivity contribution in [2.24, 2.45) is 0 Å². The minimum Gasteiger partial charge on any atom is -0.452 e. The fraction of sp³-hybridized carbons (Fsp3) is 0.353. The van der Waals surface area contributed by atoms with Crippen molar-refractivity contribution >= 4 is 29.1 Å². The van der Waals surface area contributed by atoms with Gasteiger partial charge in [0.1, 0.15) is 28.7 Å². The minimum atomic E-state index is -4.92. The molecule has 2 aromatic heterocycles. The van der Waals surface area contributed by atoms with E-state index in [-0.39, 0.29) is 11.7 Å². The van der Waals surface area contributed by atoms with Crippen LogP contribution in [0.2, 0.25) is 0 Å². The van der Waals surface area contributed by atoms with Crippen LogP contribution in [0.5, 0.6) is 11.6 Å². The second kappa shape index (κ2) is 6.66. The Morgan fingerprint density at radius 3 is 2.54 bits per heavy atom. The third-order valence-corrected chi connectivity index (χ3v) is 5.20. The van der Waals surface area contributed by atoms with E-state index in [9.17, 15) is 18.0 Å². The highest BCUT2D eigenvalue weighted by atomic mass is 32.1. The maximum Gasteiger partial charge on any atom is 0.421 e. The van der Waals surface area contributed by atoms with E-state index >= 15 is 0 Å². The molecular weight excluding hydrogens is 397 g/mol. The summed E-state index contributed by atoms with van der Waals surface area (Å²) in [6.45, 7) is 1.67. The molecule has 0 radical (unpaired) electrons. The minimum absolute atomic E-state index is 0.162. The lowest BCUT2D eigenvalue weighted by atomic mass is 10.0. The first-order chi connectivity index (χ1) is 13.3. The number of amides is 1. The number of carbonyl (C=O) groups is 1. The molecule has 4 rings (SSSR count). The lowest BCUT2D eigenvalue weighted by Crippen LogP contribution is -2.26. The molecule has 0 saturated heterocycles. The van der Waals surface area contributed by atoms with E-state index in [2.05, 4.69) is 14.7 Å². The average molecular weight is 412 g/mol. The molecule has 0 unspecified atom stereocenters. The summed E-state index contributed by atoms with van der Waals surface area (Å²) < 4.78 is 56.8. The van der Waals surface area contributed by atoms with Crippen LogP contribution in [0.25, 0.3) is 0 Å². The van der Waals surface area contributed by atoms with E-state index in [4.69, 9.17) is 15.2 Å². The van der Waals surface area contributed by atoms with Gasteiger partial charge in [-0.2, -0.15) is 22.5 Å². The van der Waals surface area contributed by atoms with Crippen molar-refractivity contribution in [3.05, 3.63) is 33.6 Å². The number of nitrogen functional groups attached to an aromatic ring is 1. The Kier molecular flexibility index (Phi) is 4.41. The van der Waals surface area contributed by atoms with Gasteiger partial charge in [-0.1, -0.05) is 0 Å². The zero-order valence-electron chi connectivity index (χ0n) is 14.6. The highest BCUT2D eigenvalue weighted by Gasteiger charge is 2.45. The lowest BCUT2D eigenvalue weighted by Gasteiger charge is -2.28. The molecule has 0 spiro atoms. The number of nitrogens with zero attached hydrogens (tertiary/aromatic N) is 2. The van der Waals surface area contributed by atoms with Crippen LogP contribution in [-0.4, -0.2) is 15.3 Å². The molecule has 0 aromatic carbocycles. The number of rotatable bonds is 2. The van der Waals surface area contributed by atoms with Crippen LogP contribution in [0.3, 0.4) is 0 Å². The number of ether oxygens (including phenoxy) is 2. The van der Waals surface area contributed by atoms with Crippen LogP contribution in [0.1, 0.15) is 47.2 Å². The molecule has 28 heavy (non-hydrogen) atoms. The summed E-state index contributed by atoms with van der Waals surface area (Å²) in [5, 5.41) is 4.01. The van der Waals surface area contributed by atoms with Crippen molar-refractivity contribution < 1.29 is 27.4 Å². The summed E-state index contributed by atoms with van der Waals surface area (Å²) in [5.74, 6) is -1.74. The number of allylic oxidation sites excluding steroid dienone is 2. The fourth-order valence-electron chi connectivity index (χ4n) is 3.11. The van der Waals surface area contributed by atoms with Crippen LogP contribution >= 0.6 is 11.5 Å². The first-order valence-corrected chi connectivity index (χ1v) is 9.30. The summed E-state index contributed by atoms with van der Waals surface area (Å²) in [5.41, 5.74) is 4.23. The number of carbonyl (C=O) groups excluding carboxylic acids is 1. The number of nitrogens with one attached hydrogen (secondary N) is 1. The van der Waals surface area contributed by atoms with Gasteiger partial charge < -0.3 is 20.5 Å². The molecule has 11 heteroatoms. The van der Waals surface area contributed by atoms with Crippen molar-refractivity contribution in [3.63, 3.8) is 0 Å². The molecule has 148 valence electrons. The molecule has 0 fully saturated rings. The van der Waals surface area contributed by atoms with Gasteiger partial charge in [-0.25, -0.2) is 0 Å². The van der Waals surface area contributed by atoms with Gasteiger partial charge in [0, 0.05) is 23.8 Å². The number of alkyl halides is 3. The number of pyridine rings is 1. The van der Waals surface area contributed by atoms with Crippen molar-refractivity contribution in [1.82, 2.24) is 9.36 Å². The van der Waals surface area contributed by atoms with Crippen molar-refractivity contribution in [2.75, 3.05) is 11.1 Å². The Morgan fingerprint density at radius 1 is 1.25 bits per heavy atom. The average Bonchev–Trinajstić information content (AvgIpc) is 3.02. The molecule has 2 aromatic rings. The molecule has 3 heterocycles. The zero-order valence-corrected chi connectivity index (χ0v) is 15.5. The van der Waals surface area contributed by atoms with Crippen LogP contribution in [0.15, 0.2) is 16.9 Å². The van der Waals surface area contributed by atoms with Gasteiger partial charge >= 0.3 is 6.18 Å². The highest BCUT2D eigenvalue weighted by molar-refractivity contribution is 7.04. The van der Waals surface area contributed by atoms with Crippen LogP contribution in [-0.2, 0) is 6.18 Å². The summed E-state index contributed by atoms with van der Waals surface area (Å²) in [7, 11) is 0. The van der Waals surface area contributed by atoms with Crippen LogP contribution in [0, 0.1) is 6.92 Å². The first kappa shape index (κ1) is 18.5. The molecule has 2 aliphatic rings. The van der Waals surface area contributed by atoms with Crippen molar-refractivity contribution in [2.45, 2.75) is 38.8 Å². The quantitative estimate of drug-likeness (QED) is 0.765. The number of anilines is 2. The van der Waals surface area contributed by atoms with Crippen molar-refractivity contribution in [1.29, 1.82) is 0 Å². The van der Waals surface area contributed by atoms with Crippen LogP contribution in [0.4, 0.5) is 24.8 Å². The summed E-state index contributed by atoms with van der Waals surface area (Å²) >= 11 is 1.07. The van der Waals surface area contributed by atoms with Gasteiger partial charge in [-0.05, 0) is 31.3 Å². The Hall–Kier alpha value is -2.82. The molecule has 0 bridgehead atoms. The third kappa shape index (κ3) is 3.15. The smallest absolute Gasteiger partial charge is 0.421 e. The number of hydrogen-bond donors (Lipinski definition) is 2. The van der Waals surface area contributed by atoms with Gasteiger partial charge in [0.2, 0.25) is 5.75 Å². The third-order valence-electron chi connectivity index (χ3n) is 4.45. The second-order valence-corrected chi connectivity index (χ2v) is 7.07. The normalized spacial score (nSPS) is 16.0. The number of aromatic nitrogens is 2. The Balaban J connectivity index is 1.82. The summed E-state index contributed by atoms with van der Waals surface area (Å²) in [6, 6.07) is 0. The monoisotopic (exact) mass is 412 g/mol. The van der Waals surface area contributed by atoms with E-state index in [0.29, 0.717) is 29.9 Å². The number of fused-ring (bicyclic) bond motifs is 1. The molecule has 1 aliphatic carbocycles.